The summed E-state index contributed by atoms with van der Waals surface area (Å²) >= 11 is 9.55. The summed E-state index contributed by atoms with van der Waals surface area (Å²) in [6, 6.07) is 5.02. The number of rotatable bonds is 2. The molecule has 0 aliphatic carbocycles. The maximum Gasteiger partial charge on any atom is 0.338 e. The first-order valence-corrected chi connectivity index (χ1v) is 8.68. The van der Waals surface area contributed by atoms with Crippen LogP contribution in [0.3, 0.4) is 0 Å². The van der Waals surface area contributed by atoms with E-state index in [-0.39, 0.29) is 11.9 Å². The molecule has 0 saturated carbocycles. The summed E-state index contributed by atoms with van der Waals surface area (Å²) in [4.78, 5) is 27.6. The lowest BCUT2D eigenvalue weighted by molar-refractivity contribution is -0.126. The van der Waals surface area contributed by atoms with Crippen molar-refractivity contribution in [2.45, 2.75) is 13.0 Å². The minimum absolute atomic E-state index is 0.0510. The number of carbonyl (C=O) groups is 1. The van der Waals surface area contributed by atoms with Gasteiger partial charge in [-0.1, -0.05) is 18.2 Å². The van der Waals surface area contributed by atoms with Gasteiger partial charge in [-0.25, -0.2) is 4.79 Å². The van der Waals surface area contributed by atoms with Gasteiger partial charge in [0.2, 0.25) is 5.91 Å². The van der Waals surface area contributed by atoms with E-state index in [1.807, 2.05) is 6.92 Å². The van der Waals surface area contributed by atoms with Gasteiger partial charge < -0.3 is 14.2 Å². The van der Waals surface area contributed by atoms with E-state index in [2.05, 4.69) is 27.4 Å². The zero-order valence-electron chi connectivity index (χ0n) is 13.1. The SMILES string of the molecule is C=CC(=O)N1CCN(c2cc(=O)oc3cc(Br)c(Cl)cc23)[C@@H](C)C1. The predicted molar refractivity (Wildman–Crippen MR) is 98.8 cm³/mol. The summed E-state index contributed by atoms with van der Waals surface area (Å²) in [5, 5.41) is 1.32. The smallest absolute Gasteiger partial charge is 0.338 e. The molecule has 3 rings (SSSR count). The van der Waals surface area contributed by atoms with Crippen LogP contribution in [0, 0.1) is 0 Å². The number of anilines is 1. The molecule has 0 bridgehead atoms. The molecule has 2 aromatic rings. The molecule has 0 spiro atoms. The van der Waals surface area contributed by atoms with Crippen molar-refractivity contribution in [3.05, 3.63) is 50.8 Å². The van der Waals surface area contributed by atoms with Crippen molar-refractivity contribution in [2.24, 2.45) is 0 Å². The molecule has 1 aliphatic rings. The summed E-state index contributed by atoms with van der Waals surface area (Å²) in [5.74, 6) is -0.0779. The van der Waals surface area contributed by atoms with Crippen LogP contribution < -0.4 is 10.5 Å². The molecule has 2 heterocycles. The highest BCUT2D eigenvalue weighted by atomic mass is 79.9. The Morgan fingerprint density at radius 1 is 1.42 bits per heavy atom. The number of hydrogen-bond acceptors (Lipinski definition) is 4. The van der Waals surface area contributed by atoms with Crippen molar-refractivity contribution >= 4 is 50.1 Å². The van der Waals surface area contributed by atoms with Crippen LogP contribution in [0.2, 0.25) is 5.02 Å². The molecular weight excluding hydrogens is 396 g/mol. The van der Waals surface area contributed by atoms with Crippen molar-refractivity contribution < 1.29 is 9.21 Å². The molecule has 1 atom stereocenters. The fraction of sp³-hybridized carbons (Fsp3) is 0.294. The molecule has 0 unspecified atom stereocenters. The van der Waals surface area contributed by atoms with Gasteiger partial charge in [0.25, 0.3) is 0 Å². The first-order valence-electron chi connectivity index (χ1n) is 7.51. The number of halogens is 2. The number of piperazine rings is 1. The molecule has 1 fully saturated rings. The van der Waals surface area contributed by atoms with Gasteiger partial charge in [-0.2, -0.15) is 0 Å². The highest BCUT2D eigenvalue weighted by Gasteiger charge is 2.27. The normalized spacial score (nSPS) is 18.0. The highest BCUT2D eigenvalue weighted by molar-refractivity contribution is 9.10. The van der Waals surface area contributed by atoms with Crippen LogP contribution in [0.25, 0.3) is 11.0 Å². The van der Waals surface area contributed by atoms with Crippen molar-refractivity contribution in [1.82, 2.24) is 4.90 Å². The van der Waals surface area contributed by atoms with Gasteiger partial charge in [0.05, 0.1) is 10.7 Å². The van der Waals surface area contributed by atoms with Crippen LogP contribution in [0.15, 0.2) is 44.5 Å². The summed E-state index contributed by atoms with van der Waals surface area (Å²) < 4.78 is 5.96. The molecule has 1 amide bonds. The Morgan fingerprint density at radius 2 is 2.17 bits per heavy atom. The monoisotopic (exact) mass is 410 g/mol. The van der Waals surface area contributed by atoms with E-state index >= 15 is 0 Å². The van der Waals surface area contributed by atoms with Gasteiger partial charge in [-0.3, -0.25) is 4.79 Å². The second kappa shape index (κ2) is 6.61. The molecule has 0 N–H and O–H groups in total. The van der Waals surface area contributed by atoms with Crippen LogP contribution >= 0.6 is 27.5 Å². The fourth-order valence-corrected chi connectivity index (χ4v) is 3.51. The van der Waals surface area contributed by atoms with Crippen molar-refractivity contribution in [3.63, 3.8) is 0 Å². The minimum Gasteiger partial charge on any atom is -0.423 e. The summed E-state index contributed by atoms with van der Waals surface area (Å²) in [5.41, 5.74) is 0.836. The van der Waals surface area contributed by atoms with Crippen LogP contribution in [0.1, 0.15) is 6.92 Å². The lowest BCUT2D eigenvalue weighted by Gasteiger charge is -2.41. The molecule has 24 heavy (non-hydrogen) atoms. The molecule has 126 valence electrons. The third kappa shape index (κ3) is 3.08. The maximum absolute atomic E-state index is 11.9. The molecule has 1 aliphatic heterocycles. The average Bonchev–Trinajstić information content (AvgIpc) is 2.55. The number of amides is 1. The number of carbonyl (C=O) groups excluding carboxylic acids is 1. The Kier molecular flexibility index (Phi) is 4.69. The molecule has 0 radical (unpaired) electrons. The van der Waals surface area contributed by atoms with Crippen LogP contribution in [-0.2, 0) is 4.79 Å². The predicted octanol–water partition coefficient (Wildman–Crippen LogP) is 3.43. The van der Waals surface area contributed by atoms with Gasteiger partial charge in [0, 0.05) is 41.6 Å². The lowest BCUT2D eigenvalue weighted by atomic mass is 10.1. The van der Waals surface area contributed by atoms with Gasteiger partial charge in [0.15, 0.2) is 0 Å². The topological polar surface area (TPSA) is 53.8 Å². The van der Waals surface area contributed by atoms with E-state index in [0.717, 1.165) is 11.1 Å². The van der Waals surface area contributed by atoms with Gasteiger partial charge >= 0.3 is 5.63 Å². The molecular formula is C17H16BrClN2O3. The van der Waals surface area contributed by atoms with E-state index in [0.29, 0.717) is 34.7 Å². The zero-order valence-corrected chi connectivity index (χ0v) is 15.4. The van der Waals surface area contributed by atoms with Crippen LogP contribution in [-0.4, -0.2) is 36.5 Å². The third-order valence-electron chi connectivity index (χ3n) is 4.19. The first kappa shape index (κ1) is 17.0. The van der Waals surface area contributed by atoms with E-state index in [9.17, 15) is 9.59 Å². The summed E-state index contributed by atoms with van der Waals surface area (Å²) in [6.45, 7) is 7.30. The highest BCUT2D eigenvalue weighted by Crippen LogP contribution is 2.34. The van der Waals surface area contributed by atoms with Crippen molar-refractivity contribution in [2.75, 3.05) is 24.5 Å². The van der Waals surface area contributed by atoms with E-state index in [1.165, 1.54) is 12.1 Å². The second-order valence-electron chi connectivity index (χ2n) is 5.74. The molecule has 5 nitrogen and oxygen atoms in total. The largest absolute Gasteiger partial charge is 0.423 e. The maximum atomic E-state index is 11.9. The Balaban J connectivity index is 2.03. The molecule has 1 saturated heterocycles. The number of benzene rings is 1. The first-order chi connectivity index (χ1) is 11.4. The van der Waals surface area contributed by atoms with Crippen molar-refractivity contribution in [3.8, 4) is 0 Å². The fourth-order valence-electron chi connectivity index (χ4n) is 3.02. The summed E-state index contributed by atoms with van der Waals surface area (Å²) in [6.07, 6.45) is 1.33. The number of hydrogen-bond donors (Lipinski definition) is 0. The van der Waals surface area contributed by atoms with Crippen LogP contribution in [0.4, 0.5) is 5.69 Å². The summed E-state index contributed by atoms with van der Waals surface area (Å²) in [7, 11) is 0. The molecule has 1 aromatic carbocycles. The molecule has 1 aromatic heterocycles. The number of fused-ring (bicyclic) bond motifs is 1. The van der Waals surface area contributed by atoms with Gasteiger partial charge in [-0.05, 0) is 41.1 Å². The van der Waals surface area contributed by atoms with Gasteiger partial charge in [-0.15, -0.1) is 0 Å². The lowest BCUT2D eigenvalue weighted by Crippen LogP contribution is -2.53. The Hall–Kier alpha value is -1.79. The Labute approximate surface area is 152 Å². The minimum atomic E-state index is -0.413. The third-order valence-corrected chi connectivity index (χ3v) is 5.38. The Morgan fingerprint density at radius 3 is 2.83 bits per heavy atom. The quantitative estimate of drug-likeness (QED) is 0.561. The standard InChI is InChI=1S/C17H16BrClN2O3/c1-3-16(22)20-4-5-21(10(2)9-20)14-8-17(23)24-15-7-12(18)13(19)6-11(14)15/h3,6-8,10H,1,4-5,9H2,2H3/t10-/m0/s1. The second-order valence-corrected chi connectivity index (χ2v) is 7.01. The Bertz CT molecular complexity index is 880. The van der Waals surface area contributed by atoms with Crippen LogP contribution in [0.5, 0.6) is 0 Å². The van der Waals surface area contributed by atoms with Gasteiger partial charge in [0.1, 0.15) is 5.58 Å². The van der Waals surface area contributed by atoms with E-state index in [1.54, 1.807) is 17.0 Å². The zero-order chi connectivity index (χ0) is 17.4. The van der Waals surface area contributed by atoms with E-state index in [4.69, 9.17) is 16.0 Å². The molecule has 7 heteroatoms. The van der Waals surface area contributed by atoms with Crippen molar-refractivity contribution in [1.29, 1.82) is 0 Å². The average molecular weight is 412 g/mol. The number of nitrogens with zero attached hydrogens (tertiary/aromatic N) is 2. The van der Waals surface area contributed by atoms with E-state index < -0.39 is 5.63 Å².